The van der Waals surface area contributed by atoms with Gasteiger partial charge in [0.05, 0.1) is 6.42 Å². The Morgan fingerprint density at radius 3 is 2.44 bits per heavy atom. The van der Waals surface area contributed by atoms with Crippen molar-refractivity contribution in [3.63, 3.8) is 0 Å². The Kier molecular flexibility index (Phi) is 7.11. The molecule has 100 valence electrons. The molecule has 0 aliphatic heterocycles. The van der Waals surface area contributed by atoms with Gasteiger partial charge in [-0.3, -0.25) is 4.79 Å². The molecular formula is C15H24N2O. The molecule has 0 bridgehead atoms. The van der Waals surface area contributed by atoms with Crippen molar-refractivity contribution in [3.8, 4) is 0 Å². The van der Waals surface area contributed by atoms with E-state index in [1.807, 2.05) is 30.3 Å². The molecular weight excluding hydrogens is 224 g/mol. The summed E-state index contributed by atoms with van der Waals surface area (Å²) in [6, 6.07) is 9.85. The van der Waals surface area contributed by atoms with Crippen LogP contribution in [0.5, 0.6) is 0 Å². The highest BCUT2D eigenvalue weighted by Crippen LogP contribution is 1.99. The van der Waals surface area contributed by atoms with Gasteiger partial charge in [-0.25, -0.2) is 0 Å². The maximum atomic E-state index is 11.7. The fourth-order valence-electron chi connectivity index (χ4n) is 1.91. The van der Waals surface area contributed by atoms with Gasteiger partial charge in [0.1, 0.15) is 0 Å². The quantitative estimate of drug-likeness (QED) is 0.714. The van der Waals surface area contributed by atoms with E-state index in [0.717, 1.165) is 38.2 Å². The van der Waals surface area contributed by atoms with Crippen LogP contribution in [0.15, 0.2) is 30.3 Å². The molecule has 3 nitrogen and oxygen atoms in total. The van der Waals surface area contributed by atoms with Crippen LogP contribution in [0.2, 0.25) is 0 Å². The van der Waals surface area contributed by atoms with E-state index >= 15 is 0 Å². The largest absolute Gasteiger partial charge is 0.356 e. The van der Waals surface area contributed by atoms with Crippen molar-refractivity contribution in [2.45, 2.75) is 26.7 Å². The number of hydrogen-bond acceptors (Lipinski definition) is 2. The molecule has 0 unspecified atom stereocenters. The monoisotopic (exact) mass is 248 g/mol. The molecule has 0 aromatic heterocycles. The summed E-state index contributed by atoms with van der Waals surface area (Å²) in [5.41, 5.74) is 1.07. The van der Waals surface area contributed by atoms with Crippen LogP contribution >= 0.6 is 0 Å². The lowest BCUT2D eigenvalue weighted by Gasteiger charge is -2.17. The van der Waals surface area contributed by atoms with Gasteiger partial charge in [0.25, 0.3) is 0 Å². The zero-order chi connectivity index (χ0) is 13.2. The number of carbonyl (C=O) groups is 1. The first kappa shape index (κ1) is 14.7. The van der Waals surface area contributed by atoms with Gasteiger partial charge >= 0.3 is 0 Å². The van der Waals surface area contributed by atoms with E-state index in [2.05, 4.69) is 24.1 Å². The highest BCUT2D eigenvalue weighted by atomic mass is 16.1. The van der Waals surface area contributed by atoms with E-state index in [-0.39, 0.29) is 5.91 Å². The Labute approximate surface area is 110 Å². The zero-order valence-electron chi connectivity index (χ0n) is 11.5. The van der Waals surface area contributed by atoms with Crippen molar-refractivity contribution < 1.29 is 4.79 Å². The molecule has 3 heteroatoms. The van der Waals surface area contributed by atoms with Crippen LogP contribution in [0.4, 0.5) is 0 Å². The zero-order valence-corrected chi connectivity index (χ0v) is 11.5. The fourth-order valence-corrected chi connectivity index (χ4v) is 1.91. The number of rotatable bonds is 8. The molecule has 0 fully saturated rings. The third kappa shape index (κ3) is 5.82. The van der Waals surface area contributed by atoms with Crippen molar-refractivity contribution in [3.05, 3.63) is 35.9 Å². The fraction of sp³-hybridized carbons (Fsp3) is 0.533. The van der Waals surface area contributed by atoms with Gasteiger partial charge in [0, 0.05) is 6.54 Å². The first-order valence-corrected chi connectivity index (χ1v) is 6.79. The Hall–Kier alpha value is -1.35. The van der Waals surface area contributed by atoms with Gasteiger partial charge in [0.2, 0.25) is 5.91 Å². The lowest BCUT2D eigenvalue weighted by molar-refractivity contribution is -0.120. The first-order valence-electron chi connectivity index (χ1n) is 6.79. The minimum absolute atomic E-state index is 0.112. The Bertz CT molecular complexity index is 334. The number of carbonyl (C=O) groups excluding carboxylic acids is 1. The summed E-state index contributed by atoms with van der Waals surface area (Å²) in [6.07, 6.45) is 1.49. The molecule has 1 aromatic rings. The highest BCUT2D eigenvalue weighted by molar-refractivity contribution is 5.78. The second-order valence-electron chi connectivity index (χ2n) is 4.39. The van der Waals surface area contributed by atoms with Crippen LogP contribution in [0.3, 0.4) is 0 Å². The van der Waals surface area contributed by atoms with Gasteiger partial charge < -0.3 is 10.2 Å². The highest BCUT2D eigenvalue weighted by Gasteiger charge is 2.03. The molecule has 0 saturated heterocycles. The summed E-state index contributed by atoms with van der Waals surface area (Å²) in [7, 11) is 0. The molecule has 1 N–H and O–H groups in total. The number of nitrogens with one attached hydrogen (secondary N) is 1. The van der Waals surface area contributed by atoms with E-state index in [1.165, 1.54) is 0 Å². The molecule has 0 radical (unpaired) electrons. The molecule has 1 amide bonds. The van der Waals surface area contributed by atoms with E-state index in [4.69, 9.17) is 0 Å². The van der Waals surface area contributed by atoms with Crippen LogP contribution in [0, 0.1) is 0 Å². The summed E-state index contributed by atoms with van der Waals surface area (Å²) in [5, 5.41) is 2.97. The molecule has 0 saturated carbocycles. The van der Waals surface area contributed by atoms with Gasteiger partial charge in [-0.15, -0.1) is 0 Å². The predicted molar refractivity (Wildman–Crippen MR) is 75.6 cm³/mol. The van der Waals surface area contributed by atoms with Crippen LogP contribution in [-0.4, -0.2) is 37.0 Å². The number of hydrogen-bond donors (Lipinski definition) is 1. The van der Waals surface area contributed by atoms with Crippen molar-refractivity contribution in [2.75, 3.05) is 26.2 Å². The van der Waals surface area contributed by atoms with Crippen molar-refractivity contribution in [1.29, 1.82) is 0 Å². The summed E-state index contributed by atoms with van der Waals surface area (Å²) >= 11 is 0. The van der Waals surface area contributed by atoms with Gasteiger partial charge in [-0.05, 0) is 31.6 Å². The molecule has 1 rings (SSSR count). The molecule has 1 aromatic carbocycles. The summed E-state index contributed by atoms with van der Waals surface area (Å²) in [4.78, 5) is 14.0. The molecule has 0 aliphatic rings. The topological polar surface area (TPSA) is 32.3 Å². The maximum Gasteiger partial charge on any atom is 0.224 e. The lowest BCUT2D eigenvalue weighted by Crippen LogP contribution is -2.30. The van der Waals surface area contributed by atoms with Gasteiger partial charge in [0.15, 0.2) is 0 Å². The van der Waals surface area contributed by atoms with Crippen molar-refractivity contribution in [1.82, 2.24) is 10.2 Å². The Balaban J connectivity index is 2.14. The third-order valence-electron chi connectivity index (χ3n) is 3.08. The van der Waals surface area contributed by atoms with Crippen LogP contribution in [-0.2, 0) is 11.2 Å². The van der Waals surface area contributed by atoms with E-state index in [9.17, 15) is 4.79 Å². The standard InChI is InChI=1S/C15H24N2O/c1-3-17(4-2)12-8-11-16-15(18)13-14-9-6-5-7-10-14/h5-7,9-10H,3-4,8,11-13H2,1-2H3,(H,16,18). The lowest BCUT2D eigenvalue weighted by atomic mass is 10.1. The minimum Gasteiger partial charge on any atom is -0.356 e. The van der Waals surface area contributed by atoms with Gasteiger partial charge in [-0.1, -0.05) is 44.2 Å². The summed E-state index contributed by atoms with van der Waals surface area (Å²) in [6.45, 7) is 8.30. The minimum atomic E-state index is 0.112. The Morgan fingerprint density at radius 2 is 1.83 bits per heavy atom. The molecule has 0 heterocycles. The SMILES string of the molecule is CCN(CC)CCCNC(=O)Cc1ccccc1. The second-order valence-corrected chi connectivity index (χ2v) is 4.39. The predicted octanol–water partition coefficient (Wildman–Crippen LogP) is 2.08. The van der Waals surface area contributed by atoms with Crippen LogP contribution in [0.1, 0.15) is 25.8 Å². The van der Waals surface area contributed by atoms with Gasteiger partial charge in [-0.2, -0.15) is 0 Å². The molecule has 18 heavy (non-hydrogen) atoms. The summed E-state index contributed by atoms with van der Waals surface area (Å²) in [5.74, 6) is 0.112. The van der Waals surface area contributed by atoms with Crippen LogP contribution in [0.25, 0.3) is 0 Å². The van der Waals surface area contributed by atoms with E-state index < -0.39 is 0 Å². The molecule has 0 atom stereocenters. The van der Waals surface area contributed by atoms with Crippen LogP contribution < -0.4 is 5.32 Å². The van der Waals surface area contributed by atoms with E-state index in [1.54, 1.807) is 0 Å². The average molecular weight is 248 g/mol. The number of benzene rings is 1. The second kappa shape index (κ2) is 8.70. The maximum absolute atomic E-state index is 11.7. The first-order chi connectivity index (χ1) is 8.76. The average Bonchev–Trinajstić information content (AvgIpc) is 2.40. The third-order valence-corrected chi connectivity index (χ3v) is 3.08. The summed E-state index contributed by atoms with van der Waals surface area (Å²) < 4.78 is 0. The number of amides is 1. The van der Waals surface area contributed by atoms with Crippen molar-refractivity contribution in [2.24, 2.45) is 0 Å². The normalized spacial score (nSPS) is 10.6. The number of nitrogens with zero attached hydrogens (tertiary/aromatic N) is 1. The van der Waals surface area contributed by atoms with E-state index in [0.29, 0.717) is 6.42 Å². The molecule has 0 spiro atoms. The van der Waals surface area contributed by atoms with Crippen molar-refractivity contribution >= 4 is 5.91 Å². The molecule has 0 aliphatic carbocycles. The smallest absolute Gasteiger partial charge is 0.224 e. The Morgan fingerprint density at radius 1 is 1.17 bits per heavy atom.